The Bertz CT molecular complexity index is 344. The molecule has 1 aromatic rings. The van der Waals surface area contributed by atoms with Gasteiger partial charge in [-0.25, -0.2) is 8.78 Å². The number of ether oxygens (including phenoxy) is 2. The fourth-order valence-corrected chi connectivity index (χ4v) is 1.69. The lowest BCUT2D eigenvalue weighted by molar-refractivity contribution is -0.0245. The summed E-state index contributed by atoms with van der Waals surface area (Å²) in [5, 5.41) is 3.18. The maximum atomic E-state index is 12.3. The van der Waals surface area contributed by atoms with Crippen LogP contribution >= 0.6 is 0 Å². The van der Waals surface area contributed by atoms with Crippen molar-refractivity contribution in [3.63, 3.8) is 0 Å². The number of rotatable bonds is 9. The first-order valence-electron chi connectivity index (χ1n) is 6.41. The van der Waals surface area contributed by atoms with Crippen LogP contribution in [-0.2, 0) is 4.74 Å². The maximum absolute atomic E-state index is 12.3. The van der Waals surface area contributed by atoms with Gasteiger partial charge < -0.3 is 14.8 Å². The fraction of sp³-hybridized carbons (Fsp3) is 0.571. The van der Waals surface area contributed by atoms with Crippen molar-refractivity contribution in [3.8, 4) is 5.75 Å². The van der Waals surface area contributed by atoms with Gasteiger partial charge in [0.25, 0.3) is 6.43 Å². The molecule has 0 aliphatic rings. The number of methoxy groups -OCH3 is 1. The van der Waals surface area contributed by atoms with E-state index in [1.807, 2.05) is 12.1 Å². The highest BCUT2D eigenvalue weighted by Gasteiger charge is 2.14. The van der Waals surface area contributed by atoms with Crippen molar-refractivity contribution < 1.29 is 18.3 Å². The molecule has 19 heavy (non-hydrogen) atoms. The Morgan fingerprint density at radius 2 is 1.89 bits per heavy atom. The zero-order valence-corrected chi connectivity index (χ0v) is 11.4. The largest absolute Gasteiger partial charge is 0.497 e. The van der Waals surface area contributed by atoms with Crippen molar-refractivity contribution in [1.82, 2.24) is 5.32 Å². The van der Waals surface area contributed by atoms with E-state index in [1.54, 1.807) is 19.2 Å². The summed E-state index contributed by atoms with van der Waals surface area (Å²) in [4.78, 5) is 0. The molecule has 0 saturated heterocycles. The van der Waals surface area contributed by atoms with Crippen LogP contribution in [0, 0.1) is 0 Å². The fourth-order valence-electron chi connectivity index (χ4n) is 1.69. The van der Waals surface area contributed by atoms with Crippen LogP contribution in [0.1, 0.15) is 25.0 Å². The average Bonchev–Trinajstić information content (AvgIpc) is 2.42. The molecule has 0 spiro atoms. The predicted molar refractivity (Wildman–Crippen MR) is 70.9 cm³/mol. The predicted octanol–water partition coefficient (Wildman–Crippen LogP) is 3.02. The van der Waals surface area contributed by atoms with Gasteiger partial charge in [-0.2, -0.15) is 0 Å². The van der Waals surface area contributed by atoms with E-state index in [2.05, 4.69) is 12.2 Å². The molecule has 0 aliphatic carbocycles. The zero-order chi connectivity index (χ0) is 14.1. The topological polar surface area (TPSA) is 30.5 Å². The summed E-state index contributed by atoms with van der Waals surface area (Å²) in [6.45, 7) is 2.86. The Balaban J connectivity index is 2.63. The van der Waals surface area contributed by atoms with Gasteiger partial charge in [0.2, 0.25) is 0 Å². The minimum atomic E-state index is -2.45. The van der Waals surface area contributed by atoms with Gasteiger partial charge in [-0.15, -0.1) is 0 Å². The molecule has 1 unspecified atom stereocenters. The van der Waals surface area contributed by atoms with Crippen LogP contribution in [0.4, 0.5) is 8.78 Å². The van der Waals surface area contributed by atoms with Gasteiger partial charge in [-0.05, 0) is 30.7 Å². The molecule has 0 saturated carbocycles. The normalized spacial score (nSPS) is 12.7. The van der Waals surface area contributed by atoms with Crippen molar-refractivity contribution in [3.05, 3.63) is 29.8 Å². The van der Waals surface area contributed by atoms with E-state index in [0.717, 1.165) is 24.3 Å². The highest BCUT2D eigenvalue weighted by atomic mass is 19.3. The first kappa shape index (κ1) is 15.9. The Morgan fingerprint density at radius 1 is 1.21 bits per heavy atom. The van der Waals surface area contributed by atoms with Crippen molar-refractivity contribution in [2.24, 2.45) is 0 Å². The molecule has 5 heteroatoms. The molecule has 1 aromatic carbocycles. The third kappa shape index (κ3) is 5.98. The average molecular weight is 273 g/mol. The summed E-state index contributed by atoms with van der Waals surface area (Å²) in [5.41, 5.74) is 0.866. The van der Waals surface area contributed by atoms with Crippen LogP contribution in [0.2, 0.25) is 0 Å². The van der Waals surface area contributed by atoms with Crippen LogP contribution in [-0.4, -0.2) is 33.2 Å². The zero-order valence-electron chi connectivity index (χ0n) is 11.4. The van der Waals surface area contributed by atoms with E-state index in [4.69, 9.17) is 9.47 Å². The van der Waals surface area contributed by atoms with Crippen LogP contribution in [0.3, 0.4) is 0 Å². The third-order valence-electron chi connectivity index (χ3n) is 2.67. The molecule has 108 valence electrons. The number of alkyl halides is 2. The molecule has 1 atom stereocenters. The van der Waals surface area contributed by atoms with Gasteiger partial charge in [0.05, 0.1) is 13.2 Å². The number of benzene rings is 1. The lowest BCUT2D eigenvalue weighted by Crippen LogP contribution is -2.25. The van der Waals surface area contributed by atoms with Crippen LogP contribution in [0.5, 0.6) is 5.75 Å². The standard InChI is InChI=1S/C14H21F2NO2/c1-3-8-17-9-13(19-10-14(15)16)11-4-6-12(18-2)7-5-11/h4-7,13-14,17H,3,8-10H2,1-2H3. The second-order valence-corrected chi connectivity index (χ2v) is 4.19. The Morgan fingerprint density at radius 3 is 2.42 bits per heavy atom. The van der Waals surface area contributed by atoms with E-state index in [0.29, 0.717) is 6.54 Å². The molecule has 0 bridgehead atoms. The van der Waals surface area contributed by atoms with E-state index in [1.165, 1.54) is 0 Å². The van der Waals surface area contributed by atoms with Gasteiger partial charge in [0, 0.05) is 6.54 Å². The highest BCUT2D eigenvalue weighted by Crippen LogP contribution is 2.20. The number of hydrogen-bond acceptors (Lipinski definition) is 3. The van der Waals surface area contributed by atoms with Crippen molar-refractivity contribution >= 4 is 0 Å². The SMILES string of the molecule is CCCNCC(OCC(F)F)c1ccc(OC)cc1. The van der Waals surface area contributed by atoms with E-state index >= 15 is 0 Å². The van der Waals surface area contributed by atoms with E-state index < -0.39 is 13.0 Å². The van der Waals surface area contributed by atoms with Gasteiger partial charge in [-0.1, -0.05) is 19.1 Å². The highest BCUT2D eigenvalue weighted by molar-refractivity contribution is 5.28. The summed E-state index contributed by atoms with van der Waals surface area (Å²) in [6, 6.07) is 7.27. The molecule has 0 aromatic heterocycles. The first-order chi connectivity index (χ1) is 9.17. The molecule has 0 amide bonds. The molecule has 0 fully saturated rings. The molecular formula is C14H21F2NO2. The van der Waals surface area contributed by atoms with Crippen molar-refractivity contribution in [1.29, 1.82) is 0 Å². The molecule has 1 N–H and O–H groups in total. The lowest BCUT2D eigenvalue weighted by Gasteiger charge is -2.19. The smallest absolute Gasteiger partial charge is 0.261 e. The first-order valence-corrected chi connectivity index (χ1v) is 6.41. The van der Waals surface area contributed by atoms with E-state index in [9.17, 15) is 8.78 Å². The Kier molecular flexibility index (Phi) is 7.36. The van der Waals surface area contributed by atoms with E-state index in [-0.39, 0.29) is 6.10 Å². The second kappa shape index (κ2) is 8.82. The Hall–Kier alpha value is -1.20. The summed E-state index contributed by atoms with van der Waals surface area (Å²) >= 11 is 0. The molecule has 1 rings (SSSR count). The molecule has 3 nitrogen and oxygen atoms in total. The molecule has 0 radical (unpaired) electrons. The third-order valence-corrected chi connectivity index (χ3v) is 2.67. The van der Waals surface area contributed by atoms with Gasteiger partial charge in [0.15, 0.2) is 0 Å². The molecule has 0 aliphatic heterocycles. The Labute approximate surface area is 112 Å². The van der Waals surface area contributed by atoms with Gasteiger partial charge >= 0.3 is 0 Å². The van der Waals surface area contributed by atoms with Gasteiger partial charge in [-0.3, -0.25) is 0 Å². The quantitative estimate of drug-likeness (QED) is 0.702. The van der Waals surface area contributed by atoms with Crippen LogP contribution in [0.25, 0.3) is 0 Å². The minimum Gasteiger partial charge on any atom is -0.497 e. The van der Waals surface area contributed by atoms with Crippen molar-refractivity contribution in [2.45, 2.75) is 25.9 Å². The van der Waals surface area contributed by atoms with Crippen LogP contribution in [0.15, 0.2) is 24.3 Å². The number of nitrogens with one attached hydrogen (secondary N) is 1. The second-order valence-electron chi connectivity index (χ2n) is 4.19. The summed E-state index contributed by atoms with van der Waals surface area (Å²) in [6.07, 6.45) is -1.83. The molecular weight excluding hydrogens is 252 g/mol. The van der Waals surface area contributed by atoms with Gasteiger partial charge in [0.1, 0.15) is 12.4 Å². The van der Waals surface area contributed by atoms with Crippen molar-refractivity contribution in [2.75, 3.05) is 26.8 Å². The maximum Gasteiger partial charge on any atom is 0.261 e. The summed E-state index contributed by atoms with van der Waals surface area (Å²) in [5.74, 6) is 0.734. The molecule has 0 heterocycles. The summed E-state index contributed by atoms with van der Waals surface area (Å²) < 4.78 is 34.8. The summed E-state index contributed by atoms with van der Waals surface area (Å²) in [7, 11) is 1.59. The monoisotopic (exact) mass is 273 g/mol. The van der Waals surface area contributed by atoms with Crippen LogP contribution < -0.4 is 10.1 Å². The number of hydrogen-bond donors (Lipinski definition) is 1. The number of halogens is 2. The lowest BCUT2D eigenvalue weighted by atomic mass is 10.1. The minimum absolute atomic E-state index is 0.369.